The van der Waals surface area contributed by atoms with Crippen molar-refractivity contribution in [3.63, 3.8) is 0 Å². The number of hydrogen-bond acceptors (Lipinski definition) is 3. The molecule has 0 amide bonds. The van der Waals surface area contributed by atoms with Crippen molar-refractivity contribution in [3.8, 4) is 0 Å². The second-order valence-electron chi connectivity index (χ2n) is 4.62. The van der Waals surface area contributed by atoms with Gasteiger partial charge in [0.1, 0.15) is 5.82 Å². The molecule has 0 unspecified atom stereocenters. The van der Waals surface area contributed by atoms with Crippen molar-refractivity contribution in [1.82, 2.24) is 0 Å². The summed E-state index contributed by atoms with van der Waals surface area (Å²) in [6.07, 6.45) is 0. The first kappa shape index (κ1) is 13.5. The first-order valence-corrected chi connectivity index (χ1v) is 6.06. The van der Waals surface area contributed by atoms with Gasteiger partial charge in [-0.1, -0.05) is 26.8 Å². The summed E-state index contributed by atoms with van der Waals surface area (Å²) in [4.78, 5) is 0. The number of thioether (sulfide) groups is 1. The van der Waals surface area contributed by atoms with Gasteiger partial charge in [0.25, 0.3) is 0 Å². The van der Waals surface area contributed by atoms with Crippen LogP contribution in [0.2, 0.25) is 0 Å². The Bertz CT molecular complexity index is 363. The first-order chi connectivity index (χ1) is 7.29. The molecule has 2 nitrogen and oxygen atoms in total. The van der Waals surface area contributed by atoms with Crippen LogP contribution in [0.15, 0.2) is 18.2 Å². The highest BCUT2D eigenvalue weighted by Crippen LogP contribution is 2.26. The maximum Gasteiger partial charge on any atom is 0.488 e. The molecule has 0 saturated heterocycles. The van der Waals surface area contributed by atoms with Gasteiger partial charge >= 0.3 is 7.12 Å². The summed E-state index contributed by atoms with van der Waals surface area (Å²) in [6.45, 7) is 6.24. The van der Waals surface area contributed by atoms with Gasteiger partial charge in [-0.25, -0.2) is 4.39 Å². The molecule has 0 spiro atoms. The molecule has 2 N–H and O–H groups in total. The summed E-state index contributed by atoms with van der Waals surface area (Å²) in [7, 11) is -1.62. The van der Waals surface area contributed by atoms with Crippen molar-refractivity contribution >= 4 is 24.3 Å². The molecular formula is C11H16BFO2S. The lowest BCUT2D eigenvalue weighted by atomic mass is 9.77. The van der Waals surface area contributed by atoms with Crippen LogP contribution in [-0.4, -0.2) is 21.9 Å². The van der Waals surface area contributed by atoms with E-state index in [9.17, 15) is 4.39 Å². The first-order valence-electron chi connectivity index (χ1n) is 5.08. The van der Waals surface area contributed by atoms with Crippen molar-refractivity contribution in [2.24, 2.45) is 0 Å². The molecule has 0 bridgehead atoms. The molecule has 0 aromatic heterocycles. The third kappa shape index (κ3) is 4.16. The van der Waals surface area contributed by atoms with E-state index in [1.807, 2.05) is 0 Å². The Morgan fingerprint density at radius 1 is 1.31 bits per heavy atom. The van der Waals surface area contributed by atoms with Crippen LogP contribution in [0.1, 0.15) is 26.3 Å². The Morgan fingerprint density at radius 3 is 2.44 bits per heavy atom. The lowest BCUT2D eigenvalue weighted by Gasteiger charge is -2.18. The lowest BCUT2D eigenvalue weighted by Crippen LogP contribution is -2.33. The van der Waals surface area contributed by atoms with Gasteiger partial charge in [0.15, 0.2) is 0 Å². The van der Waals surface area contributed by atoms with Gasteiger partial charge in [-0.3, -0.25) is 0 Å². The van der Waals surface area contributed by atoms with Gasteiger partial charge in [-0.15, -0.1) is 0 Å². The zero-order valence-corrected chi connectivity index (χ0v) is 10.5. The van der Waals surface area contributed by atoms with E-state index in [-0.39, 0.29) is 10.2 Å². The lowest BCUT2D eigenvalue weighted by molar-refractivity contribution is 0.425. The highest BCUT2D eigenvalue weighted by Gasteiger charge is 2.18. The summed E-state index contributed by atoms with van der Waals surface area (Å²) >= 11 is 1.68. The molecule has 1 aromatic carbocycles. The fourth-order valence-electron chi connectivity index (χ4n) is 1.23. The van der Waals surface area contributed by atoms with Gasteiger partial charge in [-0.2, -0.15) is 11.8 Å². The largest absolute Gasteiger partial charge is 0.488 e. The van der Waals surface area contributed by atoms with E-state index in [4.69, 9.17) is 10.0 Å². The molecule has 1 rings (SSSR count). The van der Waals surface area contributed by atoms with Crippen molar-refractivity contribution in [2.75, 3.05) is 0 Å². The van der Waals surface area contributed by atoms with Crippen LogP contribution in [0.3, 0.4) is 0 Å². The van der Waals surface area contributed by atoms with E-state index in [2.05, 4.69) is 20.8 Å². The standard InChI is InChI=1S/C11H16BFO2S/c1-11(2,3)16-7-8-4-5-9(13)6-10(8)12(14)15/h4-6,14-15H,7H2,1-3H3. The van der Waals surface area contributed by atoms with Crippen molar-refractivity contribution in [3.05, 3.63) is 29.6 Å². The predicted molar refractivity (Wildman–Crippen MR) is 67.3 cm³/mol. The van der Waals surface area contributed by atoms with E-state index in [1.165, 1.54) is 12.1 Å². The smallest absolute Gasteiger partial charge is 0.423 e. The Kier molecular flexibility index (Phi) is 4.41. The molecule has 5 heteroatoms. The van der Waals surface area contributed by atoms with Crippen molar-refractivity contribution in [1.29, 1.82) is 0 Å². The normalized spacial score (nSPS) is 11.6. The second-order valence-corrected chi connectivity index (χ2v) is 6.42. The molecule has 16 heavy (non-hydrogen) atoms. The third-order valence-corrected chi connectivity index (χ3v) is 3.37. The van der Waals surface area contributed by atoms with Crippen LogP contribution in [0.5, 0.6) is 0 Å². The Hall–Kier alpha value is -0.515. The minimum Gasteiger partial charge on any atom is -0.423 e. The Morgan fingerprint density at radius 2 is 1.94 bits per heavy atom. The van der Waals surface area contributed by atoms with Crippen molar-refractivity contribution in [2.45, 2.75) is 31.3 Å². The zero-order chi connectivity index (χ0) is 12.3. The average Bonchev–Trinajstić information content (AvgIpc) is 2.14. The summed E-state index contributed by atoms with van der Waals surface area (Å²) in [5.41, 5.74) is 1.01. The number of benzene rings is 1. The molecule has 0 radical (unpaired) electrons. The maximum absolute atomic E-state index is 13.0. The van der Waals surface area contributed by atoms with E-state index in [0.29, 0.717) is 5.75 Å². The SMILES string of the molecule is CC(C)(C)SCc1ccc(F)cc1B(O)O. The molecule has 88 valence electrons. The van der Waals surface area contributed by atoms with Gasteiger partial charge in [0, 0.05) is 10.5 Å². The average molecular weight is 242 g/mol. The fourth-order valence-corrected chi connectivity index (χ4v) is 2.08. The van der Waals surface area contributed by atoms with Crippen molar-refractivity contribution < 1.29 is 14.4 Å². The van der Waals surface area contributed by atoms with Gasteiger partial charge in [-0.05, 0) is 23.2 Å². The molecule has 0 saturated carbocycles. The Labute approximate surface area is 100 Å². The third-order valence-electron chi connectivity index (χ3n) is 2.05. The second kappa shape index (κ2) is 5.21. The van der Waals surface area contributed by atoms with E-state index in [1.54, 1.807) is 17.8 Å². The van der Waals surface area contributed by atoms with E-state index >= 15 is 0 Å². The zero-order valence-electron chi connectivity index (χ0n) is 9.70. The number of rotatable bonds is 3. The summed E-state index contributed by atoms with van der Waals surface area (Å²) in [5, 5.41) is 18.3. The summed E-state index contributed by atoms with van der Waals surface area (Å²) < 4.78 is 13.0. The van der Waals surface area contributed by atoms with Gasteiger partial charge in [0.05, 0.1) is 0 Å². The highest BCUT2D eigenvalue weighted by atomic mass is 32.2. The van der Waals surface area contributed by atoms with Crippen LogP contribution in [0, 0.1) is 5.82 Å². The quantitative estimate of drug-likeness (QED) is 0.790. The fraction of sp³-hybridized carbons (Fsp3) is 0.455. The molecular weight excluding hydrogens is 226 g/mol. The van der Waals surface area contributed by atoms with Gasteiger partial charge < -0.3 is 10.0 Å². The molecule has 0 aliphatic carbocycles. The summed E-state index contributed by atoms with van der Waals surface area (Å²) in [6, 6.07) is 4.11. The minimum atomic E-state index is -1.62. The maximum atomic E-state index is 13.0. The molecule has 0 atom stereocenters. The summed E-state index contributed by atoms with van der Waals surface area (Å²) in [5.74, 6) is 0.184. The van der Waals surface area contributed by atoms with E-state index < -0.39 is 12.9 Å². The Balaban J connectivity index is 2.87. The molecule has 0 fully saturated rings. The number of halogens is 1. The molecule has 0 aliphatic rings. The van der Waals surface area contributed by atoms with E-state index in [0.717, 1.165) is 5.56 Å². The van der Waals surface area contributed by atoms with Crippen LogP contribution in [0.25, 0.3) is 0 Å². The molecule has 0 aliphatic heterocycles. The monoisotopic (exact) mass is 242 g/mol. The topological polar surface area (TPSA) is 40.5 Å². The number of hydrogen-bond donors (Lipinski definition) is 2. The molecule has 1 aromatic rings. The van der Waals surface area contributed by atoms with Crippen LogP contribution in [0.4, 0.5) is 4.39 Å². The van der Waals surface area contributed by atoms with Crippen LogP contribution >= 0.6 is 11.8 Å². The molecule has 0 heterocycles. The minimum absolute atomic E-state index is 0.0893. The highest BCUT2D eigenvalue weighted by molar-refractivity contribution is 7.99. The van der Waals surface area contributed by atoms with Crippen LogP contribution in [-0.2, 0) is 5.75 Å². The van der Waals surface area contributed by atoms with Crippen LogP contribution < -0.4 is 5.46 Å². The van der Waals surface area contributed by atoms with Gasteiger partial charge in [0.2, 0.25) is 0 Å². The predicted octanol–water partition coefficient (Wildman–Crippen LogP) is 1.54.